The van der Waals surface area contributed by atoms with Gasteiger partial charge in [-0.2, -0.15) is 0 Å². The molecule has 9 nitrogen and oxygen atoms in total. The van der Waals surface area contributed by atoms with Crippen molar-refractivity contribution in [1.29, 1.82) is 0 Å². The van der Waals surface area contributed by atoms with Gasteiger partial charge in [0.1, 0.15) is 5.82 Å². The summed E-state index contributed by atoms with van der Waals surface area (Å²) < 4.78 is 15.9. The van der Waals surface area contributed by atoms with Crippen molar-refractivity contribution < 1.29 is 19.0 Å². The first-order chi connectivity index (χ1) is 16.1. The highest BCUT2D eigenvalue weighted by atomic mass is 16.5. The van der Waals surface area contributed by atoms with Crippen molar-refractivity contribution in [2.45, 2.75) is 6.92 Å². The van der Waals surface area contributed by atoms with E-state index in [1.165, 1.54) is 0 Å². The molecule has 172 valence electrons. The molecule has 1 saturated heterocycles. The molecule has 33 heavy (non-hydrogen) atoms. The molecule has 9 heteroatoms. The summed E-state index contributed by atoms with van der Waals surface area (Å²) in [4.78, 5) is 23.9. The first kappa shape index (κ1) is 22.3. The van der Waals surface area contributed by atoms with Gasteiger partial charge in [-0.05, 0) is 43.3 Å². The van der Waals surface area contributed by atoms with Gasteiger partial charge in [0, 0.05) is 47.9 Å². The summed E-state index contributed by atoms with van der Waals surface area (Å²) in [5.41, 5.74) is 3.14. The molecule has 0 atom stereocenters. The molecule has 0 radical (unpaired) electrons. The summed E-state index contributed by atoms with van der Waals surface area (Å²) in [5.74, 6) is 2.70. The van der Waals surface area contributed by atoms with Crippen LogP contribution in [0.5, 0.6) is 11.5 Å². The summed E-state index contributed by atoms with van der Waals surface area (Å²) >= 11 is 0. The van der Waals surface area contributed by atoms with Gasteiger partial charge in [-0.15, -0.1) is 0 Å². The third-order valence-corrected chi connectivity index (χ3v) is 5.30. The number of amides is 2. The lowest BCUT2D eigenvalue weighted by molar-refractivity contribution is 0.122. The molecule has 0 saturated carbocycles. The van der Waals surface area contributed by atoms with Gasteiger partial charge in [0.05, 0.1) is 27.4 Å². The molecule has 0 spiro atoms. The number of carbonyl (C=O) groups excluding carboxylic acids is 1. The minimum atomic E-state index is -0.365. The number of nitrogens with one attached hydrogen (secondary N) is 2. The summed E-state index contributed by atoms with van der Waals surface area (Å²) in [7, 11) is 3.11. The smallest absolute Gasteiger partial charge is 0.323 e. The molecule has 3 aromatic rings. The van der Waals surface area contributed by atoms with E-state index in [1.54, 1.807) is 32.4 Å². The second-order valence-corrected chi connectivity index (χ2v) is 7.53. The molecule has 2 amide bonds. The van der Waals surface area contributed by atoms with E-state index >= 15 is 0 Å². The van der Waals surface area contributed by atoms with Gasteiger partial charge in [-0.25, -0.2) is 14.8 Å². The quantitative estimate of drug-likeness (QED) is 0.588. The van der Waals surface area contributed by atoms with E-state index in [-0.39, 0.29) is 6.03 Å². The van der Waals surface area contributed by atoms with E-state index in [0.29, 0.717) is 41.9 Å². The first-order valence-corrected chi connectivity index (χ1v) is 10.6. The van der Waals surface area contributed by atoms with Crippen molar-refractivity contribution in [2.75, 3.05) is 56.1 Å². The van der Waals surface area contributed by atoms with E-state index in [4.69, 9.17) is 19.2 Å². The fraction of sp³-hybridized carbons (Fsp3) is 0.292. The minimum absolute atomic E-state index is 0.365. The van der Waals surface area contributed by atoms with Gasteiger partial charge in [0.15, 0.2) is 17.3 Å². The maximum Gasteiger partial charge on any atom is 0.323 e. The Morgan fingerprint density at radius 3 is 2.33 bits per heavy atom. The van der Waals surface area contributed by atoms with Crippen LogP contribution >= 0.6 is 0 Å². The second-order valence-electron chi connectivity index (χ2n) is 7.53. The number of aromatic nitrogens is 2. The van der Waals surface area contributed by atoms with Crippen LogP contribution in [0, 0.1) is 6.92 Å². The van der Waals surface area contributed by atoms with E-state index in [9.17, 15) is 4.79 Å². The Morgan fingerprint density at radius 1 is 0.970 bits per heavy atom. The predicted molar refractivity (Wildman–Crippen MR) is 127 cm³/mol. The van der Waals surface area contributed by atoms with Crippen LogP contribution in [0.15, 0.2) is 48.7 Å². The number of anilines is 3. The van der Waals surface area contributed by atoms with Gasteiger partial charge < -0.3 is 29.7 Å². The van der Waals surface area contributed by atoms with Crippen LogP contribution in [0.1, 0.15) is 5.56 Å². The van der Waals surface area contributed by atoms with Gasteiger partial charge in [0.25, 0.3) is 0 Å². The van der Waals surface area contributed by atoms with Gasteiger partial charge in [-0.3, -0.25) is 0 Å². The Hall–Kier alpha value is -3.85. The van der Waals surface area contributed by atoms with E-state index < -0.39 is 0 Å². The Labute approximate surface area is 192 Å². The number of hydrogen-bond donors (Lipinski definition) is 2. The number of carbonyl (C=O) groups is 1. The third kappa shape index (κ3) is 5.32. The number of nitrogens with zero attached hydrogens (tertiary/aromatic N) is 3. The SMILES string of the molecule is COc1ccc(NC(=O)Nc2ccc(-c3ncc(C)c(N4CCOCC4)n3)cc2)cc1OC. The number of morpholine rings is 1. The van der Waals surface area contributed by atoms with Crippen LogP contribution in [0.4, 0.5) is 22.0 Å². The number of methoxy groups -OCH3 is 2. The van der Waals surface area contributed by atoms with Crippen LogP contribution in [0.25, 0.3) is 11.4 Å². The lowest BCUT2D eigenvalue weighted by Crippen LogP contribution is -2.37. The monoisotopic (exact) mass is 449 g/mol. The Balaban J connectivity index is 1.43. The van der Waals surface area contributed by atoms with Gasteiger partial charge in [-0.1, -0.05) is 0 Å². The summed E-state index contributed by atoms with van der Waals surface area (Å²) in [6.07, 6.45) is 1.84. The van der Waals surface area contributed by atoms with Crippen LogP contribution in [0.3, 0.4) is 0 Å². The fourth-order valence-electron chi connectivity index (χ4n) is 3.58. The van der Waals surface area contributed by atoms with Crippen molar-refractivity contribution >= 4 is 23.2 Å². The Kier molecular flexibility index (Phi) is 6.89. The first-order valence-electron chi connectivity index (χ1n) is 10.6. The van der Waals surface area contributed by atoms with E-state index in [0.717, 1.165) is 30.0 Å². The third-order valence-electron chi connectivity index (χ3n) is 5.30. The van der Waals surface area contributed by atoms with Crippen LogP contribution in [-0.2, 0) is 4.74 Å². The fourth-order valence-corrected chi connectivity index (χ4v) is 3.58. The molecule has 4 rings (SSSR count). The topological polar surface area (TPSA) is 97.8 Å². The highest BCUT2D eigenvalue weighted by Gasteiger charge is 2.16. The van der Waals surface area contributed by atoms with Crippen LogP contribution in [0.2, 0.25) is 0 Å². The van der Waals surface area contributed by atoms with E-state index in [1.807, 2.05) is 37.4 Å². The number of hydrogen-bond acceptors (Lipinski definition) is 7. The minimum Gasteiger partial charge on any atom is -0.493 e. The van der Waals surface area contributed by atoms with Gasteiger partial charge >= 0.3 is 6.03 Å². The van der Waals surface area contributed by atoms with Gasteiger partial charge in [0.2, 0.25) is 0 Å². The molecule has 1 fully saturated rings. The molecule has 1 aliphatic heterocycles. The molecule has 0 bridgehead atoms. The van der Waals surface area contributed by atoms with Crippen molar-refractivity contribution in [3.8, 4) is 22.9 Å². The molecule has 2 aromatic carbocycles. The predicted octanol–water partition coefficient (Wildman–Crippen LogP) is 3.95. The lowest BCUT2D eigenvalue weighted by atomic mass is 10.2. The number of benzene rings is 2. The number of ether oxygens (including phenoxy) is 3. The average molecular weight is 450 g/mol. The normalized spacial score (nSPS) is 13.4. The molecular weight excluding hydrogens is 422 g/mol. The second kappa shape index (κ2) is 10.2. The summed E-state index contributed by atoms with van der Waals surface area (Å²) in [6.45, 7) is 5.04. The zero-order chi connectivity index (χ0) is 23.2. The molecule has 2 N–H and O–H groups in total. The Bertz CT molecular complexity index is 1110. The number of aryl methyl sites for hydroxylation is 1. The standard InChI is InChI=1S/C24H27N5O4/c1-16-15-25-22(28-23(16)29-10-12-33-13-11-29)17-4-6-18(7-5-17)26-24(30)27-19-8-9-20(31-2)21(14-19)32-3/h4-9,14-15H,10-13H2,1-3H3,(H2,26,27,30). The maximum atomic E-state index is 12.4. The van der Waals surface area contributed by atoms with Crippen molar-refractivity contribution in [3.05, 3.63) is 54.2 Å². The number of urea groups is 1. The number of rotatable bonds is 6. The summed E-state index contributed by atoms with van der Waals surface area (Å²) in [6, 6.07) is 12.2. The van der Waals surface area contributed by atoms with E-state index in [2.05, 4.69) is 20.5 Å². The lowest BCUT2D eigenvalue weighted by Gasteiger charge is -2.29. The molecule has 1 aromatic heterocycles. The summed E-state index contributed by atoms with van der Waals surface area (Å²) in [5, 5.41) is 5.61. The average Bonchev–Trinajstić information content (AvgIpc) is 2.85. The molecule has 2 heterocycles. The van der Waals surface area contributed by atoms with Crippen LogP contribution in [-0.4, -0.2) is 56.5 Å². The Morgan fingerprint density at radius 2 is 1.64 bits per heavy atom. The largest absolute Gasteiger partial charge is 0.493 e. The highest BCUT2D eigenvalue weighted by Crippen LogP contribution is 2.30. The van der Waals surface area contributed by atoms with Crippen LogP contribution < -0.4 is 25.0 Å². The molecule has 0 unspecified atom stereocenters. The van der Waals surface area contributed by atoms with Crippen molar-refractivity contribution in [3.63, 3.8) is 0 Å². The highest BCUT2D eigenvalue weighted by molar-refractivity contribution is 6.00. The zero-order valence-electron chi connectivity index (χ0n) is 18.9. The molecular formula is C24H27N5O4. The van der Waals surface area contributed by atoms with Crippen molar-refractivity contribution in [1.82, 2.24) is 9.97 Å². The zero-order valence-corrected chi connectivity index (χ0v) is 18.9. The maximum absolute atomic E-state index is 12.4. The molecule has 1 aliphatic rings. The van der Waals surface area contributed by atoms with Crippen molar-refractivity contribution in [2.24, 2.45) is 0 Å². The molecule has 0 aliphatic carbocycles.